The highest BCUT2D eigenvalue weighted by Crippen LogP contribution is 2.43. The van der Waals surface area contributed by atoms with Crippen molar-refractivity contribution in [2.24, 2.45) is 0 Å². The minimum Gasteiger partial charge on any atom is -0.337 e. The van der Waals surface area contributed by atoms with E-state index in [1.54, 1.807) is 17.3 Å². The number of hydrogen-bond donors (Lipinski definition) is 0. The summed E-state index contributed by atoms with van der Waals surface area (Å²) in [7, 11) is 1.84. The van der Waals surface area contributed by atoms with Crippen LogP contribution in [0.5, 0.6) is 0 Å². The molecule has 1 fully saturated rings. The Morgan fingerprint density at radius 1 is 1.13 bits per heavy atom. The summed E-state index contributed by atoms with van der Waals surface area (Å²) in [6.45, 7) is 0.595. The molecule has 1 aromatic heterocycles. The highest BCUT2D eigenvalue weighted by atomic mass is 32.2. The maximum Gasteiger partial charge on any atom is 0.253 e. The van der Waals surface area contributed by atoms with E-state index in [0.29, 0.717) is 11.1 Å². The van der Waals surface area contributed by atoms with Gasteiger partial charge < -0.3 is 4.90 Å². The summed E-state index contributed by atoms with van der Waals surface area (Å²) in [5, 5.41) is 0. The van der Waals surface area contributed by atoms with E-state index in [-0.39, 0.29) is 5.91 Å². The Labute approximate surface area is 145 Å². The lowest BCUT2D eigenvalue weighted by Gasteiger charge is -2.22. The molecular weight excluding hydrogens is 324 g/mol. The van der Waals surface area contributed by atoms with Crippen molar-refractivity contribution in [2.45, 2.75) is 17.5 Å². The molecule has 0 radical (unpaired) electrons. The maximum atomic E-state index is 12.5. The molecule has 5 heteroatoms. The fraction of sp³-hybridized carbons (Fsp3) is 0.333. The van der Waals surface area contributed by atoms with E-state index < -0.39 is 0 Å². The van der Waals surface area contributed by atoms with E-state index in [9.17, 15) is 4.79 Å². The fourth-order valence-electron chi connectivity index (χ4n) is 2.52. The van der Waals surface area contributed by atoms with Gasteiger partial charge in [-0.25, -0.2) is 0 Å². The summed E-state index contributed by atoms with van der Waals surface area (Å²) < 4.78 is 0.516. The maximum absolute atomic E-state index is 12.5. The molecule has 0 saturated carbocycles. The second-order valence-electron chi connectivity index (χ2n) is 5.57. The van der Waals surface area contributed by atoms with Crippen LogP contribution in [0.4, 0.5) is 0 Å². The average Bonchev–Trinajstić information content (AvgIpc) is 2.63. The summed E-state index contributed by atoms with van der Waals surface area (Å²) in [4.78, 5) is 18.3. The van der Waals surface area contributed by atoms with E-state index in [2.05, 4.69) is 17.1 Å². The largest absolute Gasteiger partial charge is 0.337 e. The fourth-order valence-corrected chi connectivity index (χ4v) is 5.41. The number of amides is 1. The Hall–Kier alpha value is -1.46. The molecule has 23 heavy (non-hydrogen) atoms. The number of thioether (sulfide) groups is 2. The van der Waals surface area contributed by atoms with Crippen LogP contribution in [0.15, 0.2) is 48.8 Å². The summed E-state index contributed by atoms with van der Waals surface area (Å²) >= 11 is 4.00. The molecule has 1 aliphatic rings. The average molecular weight is 345 g/mol. The van der Waals surface area contributed by atoms with Crippen LogP contribution in [0, 0.1) is 0 Å². The number of benzene rings is 1. The number of carbonyl (C=O) groups is 1. The second kappa shape index (κ2) is 7.88. The standard InChI is InChI=1S/C18H20N2OS2/c1-20(13-14-7-9-19-10-8-14)17(21)15-3-5-16(6-4-15)18-22-11-2-12-23-18/h3-10,18H,2,11-13H2,1H3. The molecule has 2 heterocycles. The summed E-state index contributed by atoms with van der Waals surface area (Å²) in [5.74, 6) is 2.51. The SMILES string of the molecule is CN(Cc1ccncc1)C(=O)c1ccc(C2SCCCS2)cc1. The van der Waals surface area contributed by atoms with E-state index in [1.165, 1.54) is 23.5 Å². The molecule has 1 aliphatic heterocycles. The number of carbonyl (C=O) groups excluding carboxylic acids is 1. The zero-order valence-corrected chi connectivity index (χ0v) is 14.8. The van der Waals surface area contributed by atoms with Crippen LogP contribution >= 0.6 is 23.5 Å². The number of nitrogens with zero attached hydrogens (tertiary/aromatic N) is 2. The minimum atomic E-state index is 0.0531. The summed E-state index contributed by atoms with van der Waals surface area (Å²) in [6.07, 6.45) is 4.80. The van der Waals surface area contributed by atoms with Gasteiger partial charge in [-0.15, -0.1) is 23.5 Å². The molecule has 0 unspecified atom stereocenters. The lowest BCUT2D eigenvalue weighted by Crippen LogP contribution is -2.26. The van der Waals surface area contributed by atoms with Crippen molar-refractivity contribution in [3.05, 3.63) is 65.5 Å². The molecule has 3 rings (SSSR count). The third-order valence-corrected chi connectivity index (χ3v) is 6.79. The van der Waals surface area contributed by atoms with Gasteiger partial charge in [0.25, 0.3) is 5.91 Å². The predicted molar refractivity (Wildman–Crippen MR) is 98.8 cm³/mol. The van der Waals surface area contributed by atoms with Gasteiger partial charge in [-0.3, -0.25) is 9.78 Å². The van der Waals surface area contributed by atoms with Gasteiger partial charge in [-0.2, -0.15) is 0 Å². The van der Waals surface area contributed by atoms with Gasteiger partial charge in [0.1, 0.15) is 0 Å². The first kappa shape index (κ1) is 16.4. The van der Waals surface area contributed by atoms with Crippen LogP contribution in [-0.2, 0) is 6.54 Å². The van der Waals surface area contributed by atoms with Gasteiger partial charge >= 0.3 is 0 Å². The molecule has 0 aliphatic carbocycles. The van der Waals surface area contributed by atoms with Crippen molar-refractivity contribution in [3.8, 4) is 0 Å². The number of aromatic nitrogens is 1. The van der Waals surface area contributed by atoms with E-state index in [4.69, 9.17) is 0 Å². The Morgan fingerprint density at radius 3 is 2.43 bits per heavy atom. The van der Waals surface area contributed by atoms with E-state index in [0.717, 1.165) is 11.1 Å². The molecule has 2 aromatic rings. The van der Waals surface area contributed by atoms with Gasteiger partial charge in [0.2, 0.25) is 0 Å². The molecule has 0 bridgehead atoms. The van der Waals surface area contributed by atoms with Gasteiger partial charge in [-0.1, -0.05) is 12.1 Å². The van der Waals surface area contributed by atoms with Crippen molar-refractivity contribution in [1.82, 2.24) is 9.88 Å². The molecule has 3 nitrogen and oxygen atoms in total. The molecular formula is C18H20N2OS2. The zero-order valence-electron chi connectivity index (χ0n) is 13.1. The van der Waals surface area contributed by atoms with Gasteiger partial charge in [0.05, 0.1) is 4.58 Å². The zero-order chi connectivity index (χ0) is 16.1. The van der Waals surface area contributed by atoms with E-state index >= 15 is 0 Å². The molecule has 0 N–H and O–H groups in total. The summed E-state index contributed by atoms with van der Waals surface area (Å²) in [6, 6.07) is 12.0. The number of pyridine rings is 1. The van der Waals surface area contributed by atoms with Crippen molar-refractivity contribution in [2.75, 3.05) is 18.6 Å². The first-order chi connectivity index (χ1) is 11.2. The van der Waals surface area contributed by atoms with Crippen LogP contribution in [0.25, 0.3) is 0 Å². The Morgan fingerprint density at radius 2 is 1.78 bits per heavy atom. The lowest BCUT2D eigenvalue weighted by atomic mass is 10.1. The van der Waals surface area contributed by atoms with Crippen molar-refractivity contribution >= 4 is 29.4 Å². The molecule has 120 valence electrons. The highest BCUT2D eigenvalue weighted by molar-refractivity contribution is 8.16. The van der Waals surface area contributed by atoms with E-state index in [1.807, 2.05) is 54.8 Å². The lowest BCUT2D eigenvalue weighted by molar-refractivity contribution is 0.0785. The van der Waals surface area contributed by atoms with Crippen LogP contribution in [0.3, 0.4) is 0 Å². The topological polar surface area (TPSA) is 33.2 Å². The van der Waals surface area contributed by atoms with Crippen LogP contribution in [0.1, 0.15) is 32.5 Å². The molecule has 0 atom stereocenters. The van der Waals surface area contributed by atoms with Gasteiger partial charge in [0.15, 0.2) is 0 Å². The third kappa shape index (κ3) is 4.30. The Kier molecular flexibility index (Phi) is 5.62. The molecule has 1 amide bonds. The van der Waals surface area contributed by atoms with Crippen molar-refractivity contribution < 1.29 is 4.79 Å². The molecule has 0 spiro atoms. The minimum absolute atomic E-state index is 0.0531. The summed E-state index contributed by atoms with van der Waals surface area (Å²) in [5.41, 5.74) is 3.15. The third-order valence-electron chi connectivity index (χ3n) is 3.77. The normalized spacial score (nSPS) is 15.3. The van der Waals surface area contributed by atoms with Crippen molar-refractivity contribution in [1.29, 1.82) is 0 Å². The quantitative estimate of drug-likeness (QED) is 0.831. The predicted octanol–water partition coefficient (Wildman–Crippen LogP) is 4.22. The Bertz CT molecular complexity index is 640. The van der Waals surface area contributed by atoms with Gasteiger partial charge in [-0.05, 0) is 53.3 Å². The first-order valence-electron chi connectivity index (χ1n) is 7.71. The molecule has 1 saturated heterocycles. The smallest absolute Gasteiger partial charge is 0.253 e. The van der Waals surface area contributed by atoms with Crippen LogP contribution < -0.4 is 0 Å². The highest BCUT2D eigenvalue weighted by Gasteiger charge is 2.18. The van der Waals surface area contributed by atoms with Crippen LogP contribution in [-0.4, -0.2) is 34.3 Å². The first-order valence-corrected chi connectivity index (χ1v) is 9.81. The second-order valence-corrected chi connectivity index (χ2v) is 8.29. The van der Waals surface area contributed by atoms with Crippen molar-refractivity contribution in [3.63, 3.8) is 0 Å². The monoisotopic (exact) mass is 344 g/mol. The van der Waals surface area contributed by atoms with Crippen LogP contribution in [0.2, 0.25) is 0 Å². The Balaban J connectivity index is 1.65. The van der Waals surface area contributed by atoms with Gasteiger partial charge in [0, 0.05) is 31.5 Å². The number of rotatable bonds is 4. The molecule has 1 aromatic carbocycles. The number of hydrogen-bond acceptors (Lipinski definition) is 4.